The largest absolute Gasteiger partial charge is 0.573 e. The first-order chi connectivity index (χ1) is 15.8. The highest BCUT2D eigenvalue weighted by Crippen LogP contribution is 2.28. The molecule has 1 fully saturated rings. The van der Waals surface area contributed by atoms with E-state index in [9.17, 15) is 18.0 Å². The molecule has 2 heterocycles. The summed E-state index contributed by atoms with van der Waals surface area (Å²) in [6.07, 6.45) is -0.680. The van der Waals surface area contributed by atoms with Gasteiger partial charge in [0.15, 0.2) is 6.29 Å². The molecule has 1 aliphatic rings. The smallest absolute Gasteiger partial charge is 0.406 e. The summed E-state index contributed by atoms with van der Waals surface area (Å²) in [6, 6.07) is 7.27. The second-order valence-electron chi connectivity index (χ2n) is 7.26. The number of aromatic nitrogens is 2. The Bertz CT molecular complexity index is 1030. The maximum atomic E-state index is 12.4. The number of anilines is 3. The fourth-order valence-corrected chi connectivity index (χ4v) is 3.39. The predicted molar refractivity (Wildman–Crippen MR) is 116 cm³/mol. The van der Waals surface area contributed by atoms with Crippen LogP contribution < -0.4 is 20.4 Å². The van der Waals surface area contributed by atoms with Gasteiger partial charge in [0.2, 0.25) is 5.95 Å². The molecule has 2 aromatic rings. The standard InChI is InChI=1S/C21H22F3N7O2/c1-26-27-12-18-17(13-32)19(28-15-2-4-16(5-3-15)33-21(22,23)24)30-20(29-18)31-10-7-14(6-9-25)8-11-31/h2-5,12-14,26H,6-8,10-11H2,1H3,(H,28,29,30)/b27-12-. The zero-order chi connectivity index (χ0) is 23.8. The molecule has 1 saturated heterocycles. The zero-order valence-electron chi connectivity index (χ0n) is 17.8. The number of alkyl halides is 3. The molecule has 0 aliphatic carbocycles. The van der Waals surface area contributed by atoms with Crippen LogP contribution in [0.3, 0.4) is 0 Å². The Morgan fingerprint density at radius 3 is 2.55 bits per heavy atom. The molecule has 12 heteroatoms. The molecule has 0 atom stereocenters. The minimum Gasteiger partial charge on any atom is -0.406 e. The van der Waals surface area contributed by atoms with E-state index in [1.807, 2.05) is 4.90 Å². The SMILES string of the molecule is CN/N=C\c1nc(N2CCC(CC#N)CC2)nc(Nc2ccc(OC(F)(F)F)cc2)c1C=O. The van der Waals surface area contributed by atoms with E-state index in [2.05, 4.69) is 36.6 Å². The normalized spacial score (nSPS) is 14.7. The summed E-state index contributed by atoms with van der Waals surface area (Å²) in [5.41, 5.74) is 3.43. The van der Waals surface area contributed by atoms with E-state index >= 15 is 0 Å². The van der Waals surface area contributed by atoms with Crippen LogP contribution in [0.4, 0.5) is 30.6 Å². The van der Waals surface area contributed by atoms with E-state index in [-0.39, 0.29) is 22.8 Å². The molecule has 0 saturated carbocycles. The van der Waals surface area contributed by atoms with Crippen molar-refractivity contribution >= 4 is 30.0 Å². The van der Waals surface area contributed by atoms with Gasteiger partial charge in [0, 0.05) is 32.2 Å². The van der Waals surface area contributed by atoms with E-state index in [0.717, 1.165) is 25.0 Å². The molecule has 9 nitrogen and oxygen atoms in total. The lowest BCUT2D eigenvalue weighted by Gasteiger charge is -2.31. The summed E-state index contributed by atoms with van der Waals surface area (Å²) < 4.78 is 41.1. The second kappa shape index (κ2) is 10.6. The maximum Gasteiger partial charge on any atom is 0.573 e. The molecule has 2 N–H and O–H groups in total. The number of piperidine rings is 1. The summed E-state index contributed by atoms with van der Waals surface area (Å²) in [4.78, 5) is 22.8. The summed E-state index contributed by atoms with van der Waals surface area (Å²) in [5, 5.41) is 15.8. The lowest BCUT2D eigenvalue weighted by Crippen LogP contribution is -2.35. The monoisotopic (exact) mass is 461 g/mol. The predicted octanol–water partition coefficient (Wildman–Crippen LogP) is 3.61. The van der Waals surface area contributed by atoms with E-state index in [1.54, 1.807) is 7.05 Å². The Morgan fingerprint density at radius 1 is 1.27 bits per heavy atom. The third-order valence-corrected chi connectivity index (χ3v) is 5.03. The van der Waals surface area contributed by atoms with Gasteiger partial charge in [-0.1, -0.05) is 0 Å². The van der Waals surface area contributed by atoms with Crippen molar-refractivity contribution in [1.29, 1.82) is 5.26 Å². The molecule has 33 heavy (non-hydrogen) atoms. The van der Waals surface area contributed by atoms with E-state index < -0.39 is 6.36 Å². The van der Waals surface area contributed by atoms with Crippen LogP contribution in [-0.4, -0.2) is 49.0 Å². The molecule has 1 aromatic carbocycles. The van der Waals surface area contributed by atoms with Crippen LogP contribution in [0.5, 0.6) is 5.75 Å². The third-order valence-electron chi connectivity index (χ3n) is 5.03. The molecule has 0 spiro atoms. The maximum absolute atomic E-state index is 12.4. The van der Waals surface area contributed by atoms with Crippen molar-refractivity contribution in [2.75, 3.05) is 30.4 Å². The van der Waals surface area contributed by atoms with Crippen LogP contribution >= 0.6 is 0 Å². The van der Waals surface area contributed by atoms with E-state index in [4.69, 9.17) is 5.26 Å². The number of hydrogen-bond donors (Lipinski definition) is 2. The van der Waals surface area contributed by atoms with Crippen LogP contribution in [0.2, 0.25) is 0 Å². The molecule has 1 aliphatic heterocycles. The Kier molecular flexibility index (Phi) is 7.66. The highest BCUT2D eigenvalue weighted by atomic mass is 19.4. The Labute approximate surface area is 188 Å². The van der Waals surface area contributed by atoms with Gasteiger partial charge in [-0.25, -0.2) is 4.98 Å². The number of nitrogens with zero attached hydrogens (tertiary/aromatic N) is 5. The number of nitrogens with one attached hydrogen (secondary N) is 2. The molecule has 1 aromatic heterocycles. The molecule has 3 rings (SSSR count). The van der Waals surface area contributed by atoms with Crippen LogP contribution in [0.25, 0.3) is 0 Å². The van der Waals surface area contributed by atoms with Crippen molar-refractivity contribution in [2.45, 2.75) is 25.6 Å². The van der Waals surface area contributed by atoms with Gasteiger partial charge in [0.25, 0.3) is 0 Å². The number of halogens is 3. The molecule has 0 bridgehead atoms. The van der Waals surface area contributed by atoms with Gasteiger partial charge in [0.1, 0.15) is 17.3 Å². The number of benzene rings is 1. The van der Waals surface area contributed by atoms with Crippen LogP contribution in [0.1, 0.15) is 35.3 Å². The first kappa shape index (κ1) is 23.8. The lowest BCUT2D eigenvalue weighted by atomic mass is 9.94. The lowest BCUT2D eigenvalue weighted by molar-refractivity contribution is -0.274. The number of hydrogen-bond acceptors (Lipinski definition) is 9. The van der Waals surface area contributed by atoms with Crippen molar-refractivity contribution in [3.05, 3.63) is 35.5 Å². The van der Waals surface area contributed by atoms with Gasteiger partial charge in [-0.05, 0) is 43.0 Å². The number of ether oxygens (including phenoxy) is 1. The fraction of sp³-hybridized carbons (Fsp3) is 0.381. The summed E-state index contributed by atoms with van der Waals surface area (Å²) in [5.74, 6) is 0.527. The van der Waals surface area contributed by atoms with Gasteiger partial charge in [0.05, 0.1) is 17.8 Å². The molecule has 0 radical (unpaired) electrons. The van der Waals surface area contributed by atoms with Gasteiger partial charge in [-0.3, -0.25) is 4.79 Å². The zero-order valence-corrected chi connectivity index (χ0v) is 17.8. The number of nitriles is 1. The number of carbonyl (C=O) groups excluding carboxylic acids is 1. The molecular weight excluding hydrogens is 439 g/mol. The summed E-state index contributed by atoms with van der Waals surface area (Å²) in [7, 11) is 1.60. The number of hydrazone groups is 1. The van der Waals surface area contributed by atoms with E-state index in [0.29, 0.717) is 43.4 Å². The van der Waals surface area contributed by atoms with Crippen molar-refractivity contribution in [1.82, 2.24) is 15.4 Å². The number of rotatable bonds is 8. The van der Waals surface area contributed by atoms with Crippen molar-refractivity contribution in [3.8, 4) is 11.8 Å². The first-order valence-electron chi connectivity index (χ1n) is 10.1. The second-order valence-corrected chi connectivity index (χ2v) is 7.26. The first-order valence-corrected chi connectivity index (χ1v) is 10.1. The van der Waals surface area contributed by atoms with Gasteiger partial charge in [-0.2, -0.15) is 15.3 Å². The van der Waals surface area contributed by atoms with Crippen LogP contribution in [0, 0.1) is 17.2 Å². The Hall–Kier alpha value is -3.88. The van der Waals surface area contributed by atoms with Gasteiger partial charge in [-0.15, -0.1) is 13.2 Å². The molecular formula is C21H22F3N7O2. The highest BCUT2D eigenvalue weighted by Gasteiger charge is 2.31. The van der Waals surface area contributed by atoms with Crippen molar-refractivity contribution in [2.24, 2.45) is 11.0 Å². The number of aldehydes is 1. The van der Waals surface area contributed by atoms with Crippen molar-refractivity contribution < 1.29 is 22.7 Å². The minimum atomic E-state index is -4.79. The van der Waals surface area contributed by atoms with Crippen LogP contribution in [-0.2, 0) is 0 Å². The topological polar surface area (TPSA) is 116 Å². The fourth-order valence-electron chi connectivity index (χ4n) is 3.39. The average Bonchev–Trinajstić information content (AvgIpc) is 2.78. The third kappa shape index (κ3) is 6.55. The van der Waals surface area contributed by atoms with Crippen LogP contribution in [0.15, 0.2) is 29.4 Å². The summed E-state index contributed by atoms with van der Waals surface area (Å²) >= 11 is 0. The van der Waals surface area contributed by atoms with E-state index in [1.165, 1.54) is 18.3 Å². The highest BCUT2D eigenvalue weighted by molar-refractivity contribution is 5.96. The van der Waals surface area contributed by atoms with Gasteiger partial charge < -0.3 is 20.4 Å². The number of carbonyl (C=O) groups is 1. The molecule has 174 valence electrons. The molecule has 0 unspecified atom stereocenters. The average molecular weight is 461 g/mol. The van der Waals surface area contributed by atoms with Gasteiger partial charge >= 0.3 is 6.36 Å². The molecule has 0 amide bonds. The minimum absolute atomic E-state index is 0.146. The van der Waals surface area contributed by atoms with Crippen molar-refractivity contribution in [3.63, 3.8) is 0 Å². The quantitative estimate of drug-likeness (QED) is 0.348. The Morgan fingerprint density at radius 2 is 1.97 bits per heavy atom. The summed E-state index contributed by atoms with van der Waals surface area (Å²) in [6.45, 7) is 1.30. The Balaban J connectivity index is 1.89.